The normalized spacial score (nSPS) is 11.1. The maximum atomic E-state index is 10.6. The van der Waals surface area contributed by atoms with Crippen LogP contribution in [0.5, 0.6) is 0 Å². The fourth-order valence-corrected chi connectivity index (χ4v) is 0.890. The van der Waals surface area contributed by atoms with E-state index in [1.54, 1.807) is 24.5 Å². The zero-order valence-corrected chi connectivity index (χ0v) is 7.30. The van der Waals surface area contributed by atoms with E-state index in [1.807, 2.05) is 0 Å². The Balaban J connectivity index is 0. The molecule has 0 amide bonds. The van der Waals surface area contributed by atoms with Gasteiger partial charge in [-0.3, -0.25) is 4.98 Å². The number of nitrogens with zero attached hydrogens (tertiary/aromatic N) is 1. The third-order valence-corrected chi connectivity index (χ3v) is 1.53. The lowest BCUT2D eigenvalue weighted by Crippen LogP contribution is -2.27. The summed E-state index contributed by atoms with van der Waals surface area (Å²) in [6.45, 7) is 0. The largest absolute Gasteiger partial charge is 0.308 e. The van der Waals surface area contributed by atoms with Crippen molar-refractivity contribution in [2.75, 3.05) is 11.7 Å². The van der Waals surface area contributed by atoms with Gasteiger partial charge in [0.2, 0.25) is 10.0 Å². The van der Waals surface area contributed by atoms with Gasteiger partial charge in [0.25, 0.3) is 0 Å². The molecular weight excluding hydrogens is 178 g/mol. The molecule has 70 valence electrons. The molecule has 0 aliphatic rings. The molecule has 0 radical (unpaired) electrons. The average Bonchev–Trinajstić information content (AvgIpc) is 2.02. The van der Waals surface area contributed by atoms with Crippen molar-refractivity contribution in [1.29, 1.82) is 0 Å². The van der Waals surface area contributed by atoms with E-state index in [4.69, 9.17) is 0 Å². The zero-order valence-electron chi connectivity index (χ0n) is 6.48. The molecule has 0 aliphatic heterocycles. The Labute approximate surface area is 73.8 Å². The van der Waals surface area contributed by atoms with Gasteiger partial charge in [-0.2, -0.15) is 0 Å². The van der Waals surface area contributed by atoms with Gasteiger partial charge in [0, 0.05) is 15.2 Å². The second-order valence-electron chi connectivity index (χ2n) is 2.24. The van der Waals surface area contributed by atoms with Crippen LogP contribution in [-0.2, 0) is 10.0 Å². The van der Waals surface area contributed by atoms with Gasteiger partial charge in [-0.05, 0) is 12.1 Å². The topological polar surface area (TPSA) is 71.1 Å². The van der Waals surface area contributed by atoms with Gasteiger partial charge in [0.1, 0.15) is 0 Å². The Hall–Kier alpha value is -1.14. The predicted octanol–water partition coefficient (Wildman–Crippen LogP) is 0.450. The molecule has 0 unspecified atom stereocenters. The minimum atomic E-state index is -3.20. The average molecular weight is 191 g/mol. The van der Waals surface area contributed by atoms with Crippen molar-refractivity contribution >= 4 is 15.7 Å². The van der Waals surface area contributed by atoms with E-state index < -0.39 is 10.0 Å². The van der Waals surface area contributed by atoms with Crippen molar-refractivity contribution in [3.63, 3.8) is 0 Å². The zero-order chi connectivity index (χ0) is 9.03. The highest BCUT2D eigenvalue weighted by molar-refractivity contribution is 7.88. The van der Waals surface area contributed by atoms with E-state index >= 15 is 0 Å². The molecule has 6 heteroatoms. The first-order valence-corrected chi connectivity index (χ1v) is 5.10. The Bertz CT molecular complexity index is 343. The van der Waals surface area contributed by atoms with Crippen LogP contribution in [0.15, 0.2) is 24.5 Å². The molecule has 0 aromatic carbocycles. The van der Waals surface area contributed by atoms with Crippen molar-refractivity contribution in [3.8, 4) is 0 Å². The monoisotopic (exact) mass is 191 g/mol. The predicted molar refractivity (Wildman–Crippen MR) is 50.1 cm³/mol. The summed E-state index contributed by atoms with van der Waals surface area (Å²) in [6, 6.07) is 3.30. The summed E-state index contributed by atoms with van der Waals surface area (Å²) in [7, 11) is -3.20. The number of sulfonamides is 1. The van der Waals surface area contributed by atoms with Gasteiger partial charge in [-0.15, -0.1) is 4.83 Å². The number of nitrogens with one attached hydrogen (secondary N) is 2. The molecule has 1 aromatic heterocycles. The van der Waals surface area contributed by atoms with E-state index in [-0.39, 0.29) is 2.85 Å². The number of hydrogen-bond acceptors (Lipinski definition) is 4. The minimum absolute atomic E-state index is 0. The Kier molecular flexibility index (Phi) is 2.61. The van der Waals surface area contributed by atoms with Crippen molar-refractivity contribution in [3.05, 3.63) is 24.5 Å². The second-order valence-corrected chi connectivity index (χ2v) is 3.98. The highest BCUT2D eigenvalue weighted by atomic mass is 32.2. The fraction of sp³-hybridized carbons (Fsp3) is 0.167. The standard InChI is InChI=1S/C6H9N3O2S.2H2/c1-12(10,11)9-8-6-2-4-7-5-3-6;;/h2-5,9H,1H3,(H,7,8);2*1H. The molecule has 0 atom stereocenters. The lowest BCUT2D eigenvalue weighted by molar-refractivity contribution is 0.594. The van der Waals surface area contributed by atoms with Crippen LogP contribution in [-0.4, -0.2) is 19.7 Å². The van der Waals surface area contributed by atoms with Crippen LogP contribution in [0.4, 0.5) is 5.69 Å². The second kappa shape index (κ2) is 3.51. The van der Waals surface area contributed by atoms with E-state index in [9.17, 15) is 8.42 Å². The van der Waals surface area contributed by atoms with E-state index in [0.717, 1.165) is 6.26 Å². The first-order chi connectivity index (χ1) is 5.58. The highest BCUT2D eigenvalue weighted by Crippen LogP contribution is 2.00. The molecule has 1 heterocycles. The van der Waals surface area contributed by atoms with Crippen LogP contribution in [0, 0.1) is 0 Å². The quantitative estimate of drug-likeness (QED) is 0.680. The maximum absolute atomic E-state index is 10.6. The Morgan fingerprint density at radius 3 is 2.50 bits per heavy atom. The summed E-state index contributed by atoms with van der Waals surface area (Å²) in [5, 5.41) is 0. The number of anilines is 1. The Morgan fingerprint density at radius 1 is 1.42 bits per heavy atom. The third kappa shape index (κ3) is 3.31. The molecule has 0 spiro atoms. The molecule has 0 saturated carbocycles. The van der Waals surface area contributed by atoms with Crippen molar-refractivity contribution in [2.45, 2.75) is 0 Å². The van der Waals surface area contributed by atoms with Gasteiger partial charge >= 0.3 is 0 Å². The molecule has 1 rings (SSSR count). The van der Waals surface area contributed by atoms with Crippen LogP contribution >= 0.6 is 0 Å². The summed E-state index contributed by atoms with van der Waals surface area (Å²) in [5.41, 5.74) is 3.16. The van der Waals surface area contributed by atoms with Crippen LogP contribution in [0.1, 0.15) is 2.85 Å². The number of pyridine rings is 1. The van der Waals surface area contributed by atoms with E-state index in [2.05, 4.69) is 15.2 Å². The first kappa shape index (κ1) is 8.95. The lowest BCUT2D eigenvalue weighted by Gasteiger charge is -2.04. The van der Waals surface area contributed by atoms with Crippen molar-refractivity contribution < 1.29 is 11.3 Å². The Morgan fingerprint density at radius 2 is 2.00 bits per heavy atom. The molecular formula is C6H13N3O2S. The summed E-state index contributed by atoms with van der Waals surface area (Å²) in [6.07, 6.45) is 4.19. The van der Waals surface area contributed by atoms with Crippen LogP contribution in [0.3, 0.4) is 0 Å². The number of hydrazine groups is 1. The molecule has 5 nitrogen and oxygen atoms in total. The summed E-state index contributed by atoms with van der Waals surface area (Å²) < 4.78 is 21.2. The number of rotatable bonds is 3. The van der Waals surface area contributed by atoms with Crippen molar-refractivity contribution in [1.82, 2.24) is 9.82 Å². The van der Waals surface area contributed by atoms with Gasteiger partial charge < -0.3 is 5.43 Å². The molecule has 0 fully saturated rings. The fourth-order valence-electron chi connectivity index (χ4n) is 0.587. The van der Waals surface area contributed by atoms with Gasteiger partial charge in [0.15, 0.2) is 0 Å². The first-order valence-electron chi connectivity index (χ1n) is 3.21. The van der Waals surface area contributed by atoms with Gasteiger partial charge in [-0.1, -0.05) is 0 Å². The molecule has 0 aliphatic carbocycles. The lowest BCUT2D eigenvalue weighted by atomic mass is 10.4. The summed E-state index contributed by atoms with van der Waals surface area (Å²) in [5.74, 6) is 0. The van der Waals surface area contributed by atoms with Gasteiger partial charge in [-0.25, -0.2) is 8.42 Å². The molecule has 0 bridgehead atoms. The molecule has 2 N–H and O–H groups in total. The molecule has 12 heavy (non-hydrogen) atoms. The van der Waals surface area contributed by atoms with Gasteiger partial charge in [0.05, 0.1) is 11.9 Å². The minimum Gasteiger partial charge on any atom is -0.308 e. The SMILES string of the molecule is CS(=O)(=O)NNc1ccncc1.[HH].[HH]. The maximum Gasteiger partial charge on any atom is 0.225 e. The summed E-state index contributed by atoms with van der Waals surface area (Å²) in [4.78, 5) is 5.91. The summed E-state index contributed by atoms with van der Waals surface area (Å²) >= 11 is 0. The molecule has 0 saturated heterocycles. The number of hydrogen-bond donors (Lipinski definition) is 2. The third-order valence-electron chi connectivity index (χ3n) is 1.06. The van der Waals surface area contributed by atoms with Crippen LogP contribution in [0.2, 0.25) is 0 Å². The smallest absolute Gasteiger partial charge is 0.225 e. The highest BCUT2D eigenvalue weighted by Gasteiger charge is 1.97. The van der Waals surface area contributed by atoms with Crippen LogP contribution < -0.4 is 10.3 Å². The van der Waals surface area contributed by atoms with Crippen LogP contribution in [0.25, 0.3) is 0 Å². The van der Waals surface area contributed by atoms with E-state index in [1.165, 1.54) is 0 Å². The number of aromatic nitrogens is 1. The molecule has 1 aromatic rings. The van der Waals surface area contributed by atoms with Crippen molar-refractivity contribution in [2.24, 2.45) is 0 Å². The van der Waals surface area contributed by atoms with E-state index in [0.29, 0.717) is 5.69 Å².